The van der Waals surface area contributed by atoms with Crippen LogP contribution < -0.4 is 10.2 Å². The molecule has 0 radical (unpaired) electrons. The first-order valence-electron chi connectivity index (χ1n) is 9.96. The predicted octanol–water partition coefficient (Wildman–Crippen LogP) is 4.25. The first-order chi connectivity index (χ1) is 14.5. The Hall–Kier alpha value is -3.00. The zero-order chi connectivity index (χ0) is 21.1. The molecule has 1 N–H and O–H groups in total. The Labute approximate surface area is 179 Å². The van der Waals surface area contributed by atoms with Crippen LogP contribution in [0, 0.1) is 6.92 Å². The van der Waals surface area contributed by atoms with Gasteiger partial charge in [0.1, 0.15) is 12.3 Å². The quantitative estimate of drug-likeness (QED) is 0.721. The predicted molar refractivity (Wildman–Crippen MR) is 117 cm³/mol. The van der Waals surface area contributed by atoms with E-state index >= 15 is 0 Å². The van der Waals surface area contributed by atoms with Crippen molar-refractivity contribution < 1.29 is 18.8 Å². The van der Waals surface area contributed by atoms with Crippen LogP contribution in [-0.2, 0) is 9.59 Å². The minimum Gasteiger partial charge on any atom is -0.441 e. The van der Waals surface area contributed by atoms with Crippen molar-refractivity contribution in [2.75, 3.05) is 29.9 Å². The van der Waals surface area contributed by atoms with Gasteiger partial charge in [0, 0.05) is 30.9 Å². The maximum atomic E-state index is 12.6. The van der Waals surface area contributed by atoms with E-state index in [0.717, 1.165) is 54.0 Å². The lowest BCUT2D eigenvalue weighted by Gasteiger charge is -2.25. The van der Waals surface area contributed by atoms with E-state index in [1.54, 1.807) is 24.3 Å². The lowest BCUT2D eigenvalue weighted by atomic mass is 10.1. The molecule has 0 unspecified atom stereocenters. The summed E-state index contributed by atoms with van der Waals surface area (Å²) in [4.78, 5) is 40.6. The Balaban J connectivity index is 1.40. The Morgan fingerprint density at radius 3 is 2.57 bits per heavy atom. The number of imide groups is 1. The minimum absolute atomic E-state index is 0.252. The van der Waals surface area contributed by atoms with Gasteiger partial charge in [-0.25, -0.2) is 0 Å². The Kier molecular flexibility index (Phi) is 5.94. The molecule has 7 nitrogen and oxygen atoms in total. The van der Waals surface area contributed by atoms with E-state index < -0.39 is 17.1 Å². The molecule has 0 bridgehead atoms. The van der Waals surface area contributed by atoms with Gasteiger partial charge in [-0.05, 0) is 56.1 Å². The molecule has 2 fully saturated rings. The number of furan rings is 1. The number of carbonyl (C=O) groups is 3. The second-order valence-electron chi connectivity index (χ2n) is 7.41. The molecule has 2 aromatic rings. The molecule has 1 aromatic heterocycles. The van der Waals surface area contributed by atoms with Crippen LogP contribution in [0.2, 0.25) is 0 Å². The Bertz CT molecular complexity index is 990. The topological polar surface area (TPSA) is 82.9 Å². The highest BCUT2D eigenvalue weighted by molar-refractivity contribution is 8.18. The molecule has 8 heteroatoms. The summed E-state index contributed by atoms with van der Waals surface area (Å²) in [5.41, 5.74) is 1.69. The van der Waals surface area contributed by atoms with Gasteiger partial charge in [-0.1, -0.05) is 17.7 Å². The van der Waals surface area contributed by atoms with Crippen LogP contribution in [-0.4, -0.2) is 41.6 Å². The van der Waals surface area contributed by atoms with Gasteiger partial charge in [0.05, 0.1) is 4.91 Å². The lowest BCUT2D eigenvalue weighted by Crippen LogP contribution is -2.36. The summed E-state index contributed by atoms with van der Waals surface area (Å²) in [6.45, 7) is 3.54. The Morgan fingerprint density at radius 2 is 1.83 bits per heavy atom. The van der Waals surface area contributed by atoms with Crippen LogP contribution in [0.5, 0.6) is 0 Å². The lowest BCUT2D eigenvalue weighted by molar-refractivity contribution is -0.127. The highest BCUT2D eigenvalue weighted by atomic mass is 32.2. The maximum Gasteiger partial charge on any atom is 0.294 e. The van der Waals surface area contributed by atoms with Crippen LogP contribution in [0.3, 0.4) is 0 Å². The monoisotopic (exact) mass is 425 g/mol. The number of nitrogens with zero attached hydrogens (tertiary/aromatic N) is 2. The van der Waals surface area contributed by atoms with Gasteiger partial charge < -0.3 is 14.6 Å². The number of hydrogen-bond donors (Lipinski definition) is 1. The first-order valence-corrected chi connectivity index (χ1v) is 10.8. The SMILES string of the molecule is Cc1ccc(NC(=O)CN2C(=O)S/C(=C\c3ccc(N4CCCCC4)o3)C2=O)cc1. The van der Waals surface area contributed by atoms with Gasteiger partial charge in [-0.3, -0.25) is 19.3 Å². The highest BCUT2D eigenvalue weighted by Gasteiger charge is 2.36. The third-order valence-corrected chi connectivity index (χ3v) is 5.97. The van der Waals surface area contributed by atoms with Crippen molar-refractivity contribution in [3.05, 3.63) is 52.6 Å². The summed E-state index contributed by atoms with van der Waals surface area (Å²) in [7, 11) is 0. The molecule has 2 saturated heterocycles. The van der Waals surface area contributed by atoms with Gasteiger partial charge in [0.2, 0.25) is 5.91 Å². The van der Waals surface area contributed by atoms with Gasteiger partial charge in [-0.15, -0.1) is 0 Å². The van der Waals surface area contributed by atoms with E-state index in [1.165, 1.54) is 6.42 Å². The number of thioether (sulfide) groups is 1. The number of nitrogens with one attached hydrogen (secondary N) is 1. The third kappa shape index (κ3) is 4.59. The van der Waals surface area contributed by atoms with Crippen molar-refractivity contribution in [3.63, 3.8) is 0 Å². The van der Waals surface area contributed by atoms with Crippen molar-refractivity contribution >= 4 is 46.5 Å². The van der Waals surface area contributed by atoms with Crippen molar-refractivity contribution in [2.24, 2.45) is 0 Å². The van der Waals surface area contributed by atoms with Crippen LogP contribution in [0.1, 0.15) is 30.6 Å². The normalized spacial score (nSPS) is 18.4. The zero-order valence-corrected chi connectivity index (χ0v) is 17.5. The molecule has 0 saturated carbocycles. The van der Waals surface area contributed by atoms with Gasteiger partial charge in [-0.2, -0.15) is 0 Å². The maximum absolute atomic E-state index is 12.6. The summed E-state index contributed by atoms with van der Waals surface area (Å²) in [6, 6.07) is 11.0. The summed E-state index contributed by atoms with van der Waals surface area (Å²) >= 11 is 0.817. The van der Waals surface area contributed by atoms with E-state index in [1.807, 2.05) is 25.1 Å². The molecule has 4 rings (SSSR count). The summed E-state index contributed by atoms with van der Waals surface area (Å²) in [5.74, 6) is 0.385. The number of piperidine rings is 1. The molecule has 3 amide bonds. The van der Waals surface area contributed by atoms with E-state index in [-0.39, 0.29) is 11.4 Å². The van der Waals surface area contributed by atoms with E-state index in [0.29, 0.717) is 11.4 Å². The fourth-order valence-corrected chi connectivity index (χ4v) is 4.27. The first kappa shape index (κ1) is 20.3. The summed E-state index contributed by atoms with van der Waals surface area (Å²) in [6.07, 6.45) is 5.07. The van der Waals surface area contributed by atoms with E-state index in [2.05, 4.69) is 10.2 Å². The molecule has 30 heavy (non-hydrogen) atoms. The fourth-order valence-electron chi connectivity index (χ4n) is 3.45. The van der Waals surface area contributed by atoms with Gasteiger partial charge in [0.15, 0.2) is 5.88 Å². The van der Waals surface area contributed by atoms with E-state index in [4.69, 9.17) is 4.42 Å². The number of carbonyl (C=O) groups excluding carboxylic acids is 3. The fraction of sp³-hybridized carbons (Fsp3) is 0.318. The average Bonchev–Trinajstić information content (AvgIpc) is 3.31. The molecule has 2 aliphatic heterocycles. The second-order valence-corrected chi connectivity index (χ2v) is 8.40. The number of rotatable bonds is 5. The average molecular weight is 426 g/mol. The van der Waals surface area contributed by atoms with Crippen molar-refractivity contribution in [3.8, 4) is 0 Å². The number of anilines is 2. The highest BCUT2D eigenvalue weighted by Crippen LogP contribution is 2.33. The summed E-state index contributed by atoms with van der Waals surface area (Å²) in [5, 5.41) is 2.24. The largest absolute Gasteiger partial charge is 0.441 e. The molecule has 1 aromatic carbocycles. The van der Waals surface area contributed by atoms with Crippen LogP contribution >= 0.6 is 11.8 Å². The van der Waals surface area contributed by atoms with Crippen molar-refractivity contribution in [1.82, 2.24) is 4.90 Å². The zero-order valence-electron chi connectivity index (χ0n) is 16.7. The molecular weight excluding hydrogens is 402 g/mol. The molecule has 3 heterocycles. The number of amides is 3. The molecule has 0 spiro atoms. The number of aryl methyl sites for hydroxylation is 1. The third-order valence-electron chi connectivity index (χ3n) is 5.06. The minimum atomic E-state index is -0.486. The van der Waals surface area contributed by atoms with Gasteiger partial charge >= 0.3 is 0 Å². The summed E-state index contributed by atoms with van der Waals surface area (Å²) < 4.78 is 5.85. The number of benzene rings is 1. The smallest absolute Gasteiger partial charge is 0.294 e. The molecular formula is C22H23N3O4S. The van der Waals surface area contributed by atoms with Gasteiger partial charge in [0.25, 0.3) is 11.1 Å². The molecule has 0 aliphatic carbocycles. The Morgan fingerprint density at radius 1 is 1.10 bits per heavy atom. The van der Waals surface area contributed by atoms with Crippen LogP contribution in [0.4, 0.5) is 16.4 Å². The molecule has 0 atom stereocenters. The van der Waals surface area contributed by atoms with Crippen molar-refractivity contribution in [2.45, 2.75) is 26.2 Å². The standard InChI is InChI=1S/C22H23N3O4S/c1-15-5-7-16(8-6-15)23-19(26)14-25-21(27)18(30-22(25)28)13-17-9-10-20(29-17)24-11-3-2-4-12-24/h5-10,13H,2-4,11-12,14H2,1H3,(H,23,26)/b18-13-. The number of hydrogen-bond acceptors (Lipinski definition) is 6. The van der Waals surface area contributed by atoms with E-state index in [9.17, 15) is 14.4 Å². The van der Waals surface area contributed by atoms with Crippen molar-refractivity contribution in [1.29, 1.82) is 0 Å². The van der Waals surface area contributed by atoms with Crippen LogP contribution in [0.25, 0.3) is 6.08 Å². The van der Waals surface area contributed by atoms with Crippen LogP contribution in [0.15, 0.2) is 45.7 Å². The second kappa shape index (κ2) is 8.79. The molecule has 2 aliphatic rings. The molecule has 156 valence electrons.